The third-order valence-electron chi connectivity index (χ3n) is 1.86. The topological polar surface area (TPSA) is 105 Å². The van der Waals surface area contributed by atoms with Crippen molar-refractivity contribution in [2.24, 2.45) is 12.2 Å². The third-order valence-corrected chi connectivity index (χ3v) is 1.86. The van der Waals surface area contributed by atoms with E-state index in [2.05, 4.69) is 30.3 Å². The molecule has 2 aromatic rings. The summed E-state index contributed by atoms with van der Waals surface area (Å²) in [7, 11) is 1.78. The maximum absolute atomic E-state index is 8.20. The highest BCUT2D eigenvalue weighted by Gasteiger charge is 2.08. The van der Waals surface area contributed by atoms with Crippen molar-refractivity contribution in [3.8, 4) is 0 Å². The summed E-state index contributed by atoms with van der Waals surface area (Å²) in [6.07, 6.45) is 0. The van der Waals surface area contributed by atoms with Gasteiger partial charge in [-0.1, -0.05) is 0 Å². The molecule has 0 aliphatic heterocycles. The molecule has 0 amide bonds. The number of fused-ring (bicyclic) bond motifs is 1. The van der Waals surface area contributed by atoms with Crippen LogP contribution in [0.25, 0.3) is 21.6 Å². The van der Waals surface area contributed by atoms with Gasteiger partial charge in [0.2, 0.25) is 11.6 Å². The van der Waals surface area contributed by atoms with Crippen molar-refractivity contribution in [2.75, 3.05) is 0 Å². The van der Waals surface area contributed by atoms with Crippen LogP contribution < -0.4 is 0 Å². The summed E-state index contributed by atoms with van der Waals surface area (Å²) in [5.74, 6) is 0.0103. The zero-order valence-electron chi connectivity index (χ0n) is 7.58. The number of azide groups is 1. The van der Waals surface area contributed by atoms with Gasteiger partial charge in [0.25, 0.3) is 0 Å². The Labute approximate surface area is 78.2 Å². The molecule has 0 bridgehead atoms. The second kappa shape index (κ2) is 2.93. The summed E-state index contributed by atoms with van der Waals surface area (Å²) < 4.78 is 1.65. The van der Waals surface area contributed by atoms with Gasteiger partial charge in [-0.05, 0) is 17.6 Å². The Morgan fingerprint density at radius 2 is 2.21 bits per heavy atom. The minimum atomic E-state index is 0.0103. The van der Waals surface area contributed by atoms with E-state index in [0.717, 1.165) is 5.69 Å². The van der Waals surface area contributed by atoms with Crippen molar-refractivity contribution in [1.82, 2.24) is 25.0 Å². The van der Waals surface area contributed by atoms with Gasteiger partial charge in [0.05, 0.1) is 5.69 Å². The molecule has 0 unspecified atom stereocenters. The van der Waals surface area contributed by atoms with E-state index in [9.17, 15) is 0 Å². The first-order chi connectivity index (χ1) is 6.72. The molecule has 0 fully saturated rings. The lowest BCUT2D eigenvalue weighted by Crippen LogP contribution is -1.91. The maximum Gasteiger partial charge on any atom is 0.239 e. The molecule has 8 heteroatoms. The first-order valence-corrected chi connectivity index (χ1v) is 3.81. The zero-order valence-corrected chi connectivity index (χ0v) is 7.58. The second-order valence-corrected chi connectivity index (χ2v) is 2.68. The number of nitrogens with zero attached hydrogens (tertiary/aromatic N) is 8. The Balaban J connectivity index is 2.75. The number of rotatable bonds is 1. The van der Waals surface area contributed by atoms with Gasteiger partial charge >= 0.3 is 0 Å². The van der Waals surface area contributed by atoms with Crippen LogP contribution in [0.5, 0.6) is 0 Å². The molecule has 0 atom stereocenters. The summed E-state index contributed by atoms with van der Waals surface area (Å²) in [4.78, 5) is 6.59. The fraction of sp³-hybridized carbons (Fsp3) is 0.333. The normalized spacial score (nSPS) is 10.1. The second-order valence-electron chi connectivity index (χ2n) is 2.68. The van der Waals surface area contributed by atoms with Crippen molar-refractivity contribution in [2.45, 2.75) is 6.92 Å². The molecule has 2 aromatic heterocycles. The molecular weight excluding hydrogens is 184 g/mol. The Bertz CT molecular complexity index is 534. The Morgan fingerprint density at radius 1 is 1.43 bits per heavy atom. The molecular formula is C6H6N8. The average Bonchev–Trinajstić information content (AvgIpc) is 2.45. The van der Waals surface area contributed by atoms with Crippen LogP contribution in [-0.4, -0.2) is 25.0 Å². The van der Waals surface area contributed by atoms with E-state index in [1.165, 1.54) is 0 Å². The number of aromatic nitrogens is 5. The molecule has 0 aliphatic carbocycles. The van der Waals surface area contributed by atoms with Crippen LogP contribution in [0.15, 0.2) is 5.11 Å². The van der Waals surface area contributed by atoms with E-state index < -0.39 is 0 Å². The Hall–Kier alpha value is -2.21. The third kappa shape index (κ3) is 1.14. The zero-order chi connectivity index (χ0) is 10.1. The molecule has 0 spiro atoms. The molecule has 0 saturated heterocycles. The summed E-state index contributed by atoms with van der Waals surface area (Å²) in [5, 5.41) is 14.7. The van der Waals surface area contributed by atoms with Crippen LogP contribution in [0, 0.1) is 6.92 Å². The first-order valence-electron chi connectivity index (χ1n) is 3.81. The summed E-state index contributed by atoms with van der Waals surface area (Å²) in [6, 6.07) is 0. The van der Waals surface area contributed by atoms with Crippen LogP contribution in [-0.2, 0) is 7.05 Å². The minimum absolute atomic E-state index is 0.0103. The van der Waals surface area contributed by atoms with Crippen molar-refractivity contribution in [1.29, 1.82) is 0 Å². The smallest absolute Gasteiger partial charge is 0.239 e. The summed E-state index contributed by atoms with van der Waals surface area (Å²) in [6.45, 7) is 1.85. The molecule has 0 radical (unpaired) electrons. The van der Waals surface area contributed by atoms with Crippen molar-refractivity contribution in [3.05, 3.63) is 16.1 Å². The number of hydrogen-bond donors (Lipinski definition) is 0. The largest absolute Gasteiger partial charge is 0.268 e. The van der Waals surface area contributed by atoms with Crippen LogP contribution in [0.3, 0.4) is 0 Å². The van der Waals surface area contributed by atoms with Crippen LogP contribution in [0.4, 0.5) is 5.95 Å². The van der Waals surface area contributed by atoms with E-state index in [0.29, 0.717) is 11.2 Å². The number of aryl methyl sites for hydroxylation is 2. The molecule has 2 rings (SSSR count). The van der Waals surface area contributed by atoms with Crippen LogP contribution >= 0.6 is 0 Å². The fourth-order valence-electron chi connectivity index (χ4n) is 1.07. The van der Waals surface area contributed by atoms with Gasteiger partial charge in [0, 0.05) is 12.0 Å². The van der Waals surface area contributed by atoms with Crippen molar-refractivity contribution < 1.29 is 0 Å². The van der Waals surface area contributed by atoms with E-state index in [-0.39, 0.29) is 5.95 Å². The lowest BCUT2D eigenvalue weighted by molar-refractivity contribution is 0.746. The van der Waals surface area contributed by atoms with E-state index in [1.807, 2.05) is 6.92 Å². The van der Waals surface area contributed by atoms with Crippen molar-refractivity contribution in [3.63, 3.8) is 0 Å². The van der Waals surface area contributed by atoms with E-state index >= 15 is 0 Å². The SMILES string of the molecule is Cc1c2nc(N=[N+]=[N-])nnc2nn1C. The molecule has 2 heterocycles. The fourth-order valence-corrected chi connectivity index (χ4v) is 1.07. The Kier molecular flexibility index (Phi) is 1.76. The van der Waals surface area contributed by atoms with Gasteiger partial charge in [0.15, 0.2) is 0 Å². The quantitative estimate of drug-likeness (QED) is 0.380. The van der Waals surface area contributed by atoms with Gasteiger partial charge in [0.1, 0.15) is 5.52 Å². The molecule has 8 nitrogen and oxygen atoms in total. The van der Waals surface area contributed by atoms with E-state index in [1.54, 1.807) is 11.7 Å². The molecule has 0 N–H and O–H groups in total. The van der Waals surface area contributed by atoms with Gasteiger partial charge in [-0.2, -0.15) is 0 Å². The Morgan fingerprint density at radius 3 is 2.93 bits per heavy atom. The van der Waals surface area contributed by atoms with Crippen molar-refractivity contribution >= 4 is 17.1 Å². The molecule has 0 aliphatic rings. The standard InChI is InChI=1S/C6H6N8/c1-3-4-5(12-14(3)2)9-10-6(8-4)11-13-7/h1-2H3. The maximum atomic E-state index is 8.20. The molecule has 0 saturated carbocycles. The highest BCUT2D eigenvalue weighted by atomic mass is 15.4. The highest BCUT2D eigenvalue weighted by Crippen LogP contribution is 2.13. The van der Waals surface area contributed by atoms with E-state index in [4.69, 9.17) is 5.53 Å². The van der Waals surface area contributed by atoms with Gasteiger partial charge in [-0.15, -0.1) is 15.3 Å². The molecule has 70 valence electrons. The lowest BCUT2D eigenvalue weighted by atomic mass is 10.4. The van der Waals surface area contributed by atoms with Gasteiger partial charge < -0.3 is 0 Å². The van der Waals surface area contributed by atoms with Gasteiger partial charge in [-0.25, -0.2) is 4.98 Å². The van der Waals surface area contributed by atoms with Gasteiger partial charge in [-0.3, -0.25) is 4.68 Å². The monoisotopic (exact) mass is 190 g/mol. The lowest BCUT2D eigenvalue weighted by Gasteiger charge is -1.90. The minimum Gasteiger partial charge on any atom is -0.268 e. The first kappa shape index (κ1) is 8.39. The van der Waals surface area contributed by atoms with Crippen LogP contribution in [0.1, 0.15) is 5.69 Å². The summed E-state index contributed by atoms with van der Waals surface area (Å²) in [5.41, 5.74) is 10.1. The molecule has 0 aromatic carbocycles. The summed E-state index contributed by atoms with van der Waals surface area (Å²) >= 11 is 0. The molecule has 14 heavy (non-hydrogen) atoms. The van der Waals surface area contributed by atoms with Crippen LogP contribution in [0.2, 0.25) is 0 Å². The number of hydrogen-bond acceptors (Lipinski definition) is 5. The highest BCUT2D eigenvalue weighted by molar-refractivity contribution is 5.72. The predicted molar refractivity (Wildman–Crippen MR) is 47.6 cm³/mol. The average molecular weight is 190 g/mol. The predicted octanol–water partition coefficient (Wildman–Crippen LogP) is 1.01.